The molecule has 2 nitrogen and oxygen atoms in total. The maximum Gasteiger partial charge on any atom is 0.248 e. The highest BCUT2D eigenvalue weighted by Crippen LogP contribution is 2.43. The van der Waals surface area contributed by atoms with E-state index in [0.717, 1.165) is 5.92 Å². The zero-order chi connectivity index (χ0) is 13.9. The van der Waals surface area contributed by atoms with Crippen LogP contribution in [0.5, 0.6) is 0 Å². The SMILES string of the molecule is CCC1CCCCC1C(NN)C1CCC(F)(F)CC1. The van der Waals surface area contributed by atoms with Crippen LogP contribution >= 0.6 is 0 Å². The van der Waals surface area contributed by atoms with Gasteiger partial charge >= 0.3 is 0 Å². The minimum Gasteiger partial charge on any atom is -0.271 e. The summed E-state index contributed by atoms with van der Waals surface area (Å²) in [5.41, 5.74) is 2.99. The number of nitrogens with two attached hydrogens (primary N) is 1. The van der Waals surface area contributed by atoms with E-state index in [1.165, 1.54) is 32.1 Å². The Morgan fingerprint density at radius 1 is 1.16 bits per heavy atom. The number of alkyl halides is 2. The third kappa shape index (κ3) is 3.66. The lowest BCUT2D eigenvalue weighted by molar-refractivity contribution is -0.0546. The van der Waals surface area contributed by atoms with E-state index in [0.29, 0.717) is 24.7 Å². The molecule has 0 bridgehead atoms. The van der Waals surface area contributed by atoms with Crippen LogP contribution in [-0.2, 0) is 0 Å². The highest BCUT2D eigenvalue weighted by Gasteiger charge is 2.41. The van der Waals surface area contributed by atoms with Gasteiger partial charge < -0.3 is 0 Å². The second-order valence-corrected chi connectivity index (χ2v) is 6.50. The molecule has 3 atom stereocenters. The fraction of sp³-hybridized carbons (Fsp3) is 1.00. The van der Waals surface area contributed by atoms with Crippen molar-refractivity contribution in [3.8, 4) is 0 Å². The largest absolute Gasteiger partial charge is 0.271 e. The van der Waals surface area contributed by atoms with Crippen LogP contribution in [0.25, 0.3) is 0 Å². The normalized spacial score (nSPS) is 34.1. The lowest BCUT2D eigenvalue weighted by Gasteiger charge is -2.42. The van der Waals surface area contributed by atoms with Gasteiger partial charge in [-0.3, -0.25) is 11.3 Å². The quantitative estimate of drug-likeness (QED) is 0.603. The molecule has 4 heteroatoms. The number of hydrazine groups is 1. The van der Waals surface area contributed by atoms with Crippen LogP contribution in [0.3, 0.4) is 0 Å². The Balaban J connectivity index is 1.99. The van der Waals surface area contributed by atoms with Gasteiger partial charge in [-0.25, -0.2) is 8.78 Å². The van der Waals surface area contributed by atoms with Gasteiger partial charge in [0, 0.05) is 18.9 Å². The van der Waals surface area contributed by atoms with Gasteiger partial charge in [-0.1, -0.05) is 32.6 Å². The first-order valence-electron chi connectivity index (χ1n) is 7.91. The van der Waals surface area contributed by atoms with Crippen molar-refractivity contribution in [2.45, 2.75) is 76.7 Å². The predicted octanol–water partition coefficient (Wildman–Crippen LogP) is 3.86. The van der Waals surface area contributed by atoms with Crippen LogP contribution in [0.4, 0.5) is 8.78 Å². The number of rotatable bonds is 4. The molecule has 0 saturated heterocycles. The summed E-state index contributed by atoms with van der Waals surface area (Å²) < 4.78 is 26.6. The van der Waals surface area contributed by atoms with Crippen molar-refractivity contribution in [2.24, 2.45) is 23.6 Å². The van der Waals surface area contributed by atoms with E-state index in [9.17, 15) is 8.78 Å². The summed E-state index contributed by atoms with van der Waals surface area (Å²) in [6, 6.07) is 0.237. The molecule has 2 aliphatic carbocycles. The zero-order valence-electron chi connectivity index (χ0n) is 12.0. The highest BCUT2D eigenvalue weighted by atomic mass is 19.3. The van der Waals surface area contributed by atoms with Crippen molar-refractivity contribution in [3.05, 3.63) is 0 Å². The van der Waals surface area contributed by atoms with E-state index in [1.54, 1.807) is 0 Å². The molecule has 2 fully saturated rings. The van der Waals surface area contributed by atoms with E-state index in [1.807, 2.05) is 0 Å². The Bertz CT molecular complexity index is 273. The predicted molar refractivity (Wildman–Crippen MR) is 73.8 cm³/mol. The molecule has 2 rings (SSSR count). The molecular formula is C15H28F2N2. The molecule has 0 aromatic heterocycles. The Hall–Kier alpha value is -0.220. The molecule has 3 unspecified atom stereocenters. The summed E-state index contributed by atoms with van der Waals surface area (Å²) in [4.78, 5) is 0. The van der Waals surface area contributed by atoms with Crippen molar-refractivity contribution in [1.82, 2.24) is 5.43 Å². The fourth-order valence-corrected chi connectivity index (χ4v) is 4.25. The van der Waals surface area contributed by atoms with Crippen LogP contribution in [-0.4, -0.2) is 12.0 Å². The first-order chi connectivity index (χ1) is 9.07. The number of nitrogens with one attached hydrogen (secondary N) is 1. The molecule has 0 aromatic rings. The Kier molecular flexibility index (Phi) is 5.18. The number of hydrogen-bond acceptors (Lipinski definition) is 2. The maximum absolute atomic E-state index is 13.3. The van der Waals surface area contributed by atoms with Crippen molar-refractivity contribution < 1.29 is 8.78 Å². The minimum absolute atomic E-state index is 0.0410. The molecule has 0 aromatic carbocycles. The number of halogens is 2. The first kappa shape index (κ1) is 15.2. The summed E-state index contributed by atoms with van der Waals surface area (Å²) in [6.45, 7) is 2.24. The van der Waals surface area contributed by atoms with Crippen LogP contribution in [0.15, 0.2) is 0 Å². The number of hydrogen-bond donors (Lipinski definition) is 2. The van der Waals surface area contributed by atoms with E-state index in [-0.39, 0.29) is 18.9 Å². The van der Waals surface area contributed by atoms with Gasteiger partial charge in [0.25, 0.3) is 0 Å². The Morgan fingerprint density at radius 3 is 2.37 bits per heavy atom. The monoisotopic (exact) mass is 274 g/mol. The van der Waals surface area contributed by atoms with Crippen LogP contribution < -0.4 is 11.3 Å². The summed E-state index contributed by atoms with van der Waals surface area (Å²) in [7, 11) is 0. The highest BCUT2D eigenvalue weighted by molar-refractivity contribution is 4.91. The average Bonchev–Trinajstić information content (AvgIpc) is 2.42. The van der Waals surface area contributed by atoms with Gasteiger partial charge in [0.1, 0.15) is 0 Å². The zero-order valence-corrected chi connectivity index (χ0v) is 12.0. The Labute approximate surface area is 115 Å². The molecule has 0 aliphatic heterocycles. The van der Waals surface area contributed by atoms with Gasteiger partial charge in [-0.15, -0.1) is 0 Å². The Morgan fingerprint density at radius 2 is 1.79 bits per heavy atom. The van der Waals surface area contributed by atoms with Gasteiger partial charge in [-0.05, 0) is 37.0 Å². The van der Waals surface area contributed by atoms with Gasteiger partial charge in [-0.2, -0.15) is 0 Å². The van der Waals surface area contributed by atoms with Crippen molar-refractivity contribution in [2.75, 3.05) is 0 Å². The molecule has 3 N–H and O–H groups in total. The van der Waals surface area contributed by atoms with Crippen molar-refractivity contribution in [3.63, 3.8) is 0 Å². The molecule has 0 spiro atoms. The molecule has 19 heavy (non-hydrogen) atoms. The van der Waals surface area contributed by atoms with Crippen LogP contribution in [0.1, 0.15) is 64.7 Å². The van der Waals surface area contributed by atoms with Gasteiger partial charge in [0.2, 0.25) is 5.92 Å². The smallest absolute Gasteiger partial charge is 0.248 e. The third-order valence-electron chi connectivity index (χ3n) is 5.42. The third-order valence-corrected chi connectivity index (χ3v) is 5.42. The van der Waals surface area contributed by atoms with Crippen LogP contribution in [0.2, 0.25) is 0 Å². The molecular weight excluding hydrogens is 246 g/mol. The molecule has 0 amide bonds. The molecule has 2 saturated carbocycles. The summed E-state index contributed by atoms with van der Waals surface area (Å²) in [5.74, 6) is 4.98. The second kappa shape index (κ2) is 6.49. The van der Waals surface area contributed by atoms with Crippen molar-refractivity contribution in [1.29, 1.82) is 0 Å². The topological polar surface area (TPSA) is 38.0 Å². The average molecular weight is 274 g/mol. The summed E-state index contributed by atoms with van der Waals surface area (Å²) >= 11 is 0. The minimum atomic E-state index is -2.44. The summed E-state index contributed by atoms with van der Waals surface area (Å²) in [5, 5.41) is 0. The maximum atomic E-state index is 13.3. The fourth-order valence-electron chi connectivity index (χ4n) is 4.25. The van der Waals surface area contributed by atoms with E-state index >= 15 is 0 Å². The van der Waals surface area contributed by atoms with E-state index in [2.05, 4.69) is 12.3 Å². The van der Waals surface area contributed by atoms with Gasteiger partial charge in [0.05, 0.1) is 0 Å². The molecule has 112 valence electrons. The van der Waals surface area contributed by atoms with Crippen LogP contribution in [0, 0.1) is 17.8 Å². The second-order valence-electron chi connectivity index (χ2n) is 6.50. The van der Waals surface area contributed by atoms with Crippen molar-refractivity contribution >= 4 is 0 Å². The molecule has 0 radical (unpaired) electrons. The lowest BCUT2D eigenvalue weighted by Crippen LogP contribution is -2.50. The van der Waals surface area contributed by atoms with E-state index < -0.39 is 5.92 Å². The molecule has 0 heterocycles. The van der Waals surface area contributed by atoms with Gasteiger partial charge in [0.15, 0.2) is 0 Å². The first-order valence-corrected chi connectivity index (χ1v) is 7.91. The standard InChI is InChI=1S/C15H28F2N2/c1-2-11-5-3-4-6-13(11)14(19-18)12-7-9-15(16,17)10-8-12/h11-14,19H,2-10,18H2,1H3. The molecule has 2 aliphatic rings. The van der Waals surface area contributed by atoms with E-state index in [4.69, 9.17) is 5.84 Å². The summed E-state index contributed by atoms with van der Waals surface area (Å²) in [6.07, 6.45) is 7.58. The lowest BCUT2D eigenvalue weighted by atomic mass is 9.68.